The third-order valence-corrected chi connectivity index (χ3v) is 11.4. The molecule has 5 aromatic rings. The maximum atomic E-state index is 15.8. The van der Waals surface area contributed by atoms with E-state index in [0.717, 1.165) is 30.4 Å². The molecule has 2 fully saturated rings. The molecule has 2 saturated heterocycles. The van der Waals surface area contributed by atoms with Crippen molar-refractivity contribution in [1.82, 2.24) is 34.1 Å². The van der Waals surface area contributed by atoms with Crippen LogP contribution in [0.4, 0.5) is 20.2 Å². The lowest BCUT2D eigenvalue weighted by molar-refractivity contribution is -0.895. The number of piperidine rings is 1. The van der Waals surface area contributed by atoms with Gasteiger partial charge in [-0.25, -0.2) is 18.7 Å². The summed E-state index contributed by atoms with van der Waals surface area (Å²) in [5.41, 5.74) is 1.67. The summed E-state index contributed by atoms with van der Waals surface area (Å²) >= 11 is 6.56. The third-order valence-electron chi connectivity index (χ3n) is 11.1. The molecule has 310 valence electrons. The molecular weight excluding hydrogens is 796 g/mol. The first kappa shape index (κ1) is 41.6. The largest absolute Gasteiger partial charge is 0.339 e. The van der Waals surface area contributed by atoms with Gasteiger partial charge in [-0.05, 0) is 43.3 Å². The van der Waals surface area contributed by atoms with E-state index in [9.17, 15) is 19.2 Å². The van der Waals surface area contributed by atoms with Gasteiger partial charge in [-0.2, -0.15) is 10.4 Å². The number of halogens is 3. The molecule has 2 aromatic carbocycles. The molecule has 60 heavy (non-hydrogen) atoms. The number of carbonyl (C=O) groups excluding carboxylic acids is 4. The van der Waals surface area contributed by atoms with Gasteiger partial charge < -0.3 is 29.5 Å². The van der Waals surface area contributed by atoms with E-state index in [4.69, 9.17) is 16.9 Å². The summed E-state index contributed by atoms with van der Waals surface area (Å²) in [5.74, 6) is -3.62. The van der Waals surface area contributed by atoms with Crippen molar-refractivity contribution in [3.63, 3.8) is 0 Å². The van der Waals surface area contributed by atoms with E-state index in [2.05, 4.69) is 39.8 Å². The first-order chi connectivity index (χ1) is 28.6. The van der Waals surface area contributed by atoms with Crippen LogP contribution in [0, 0.1) is 35.8 Å². The van der Waals surface area contributed by atoms with Gasteiger partial charge in [-0.1, -0.05) is 17.7 Å². The molecule has 2 aliphatic heterocycles. The molecular formula is C42H43ClF2N11O4+. The second kappa shape index (κ2) is 17.0. The van der Waals surface area contributed by atoms with Crippen molar-refractivity contribution in [2.45, 2.75) is 26.3 Å². The number of amides is 4. The molecule has 0 saturated carbocycles. The fraction of sp³-hybridized carbons (Fsp3) is 0.333. The lowest BCUT2D eigenvalue weighted by atomic mass is 9.94. The van der Waals surface area contributed by atoms with E-state index in [1.165, 1.54) is 71.3 Å². The summed E-state index contributed by atoms with van der Waals surface area (Å²) in [7, 11) is 5.85. The molecule has 3 aromatic heterocycles. The molecule has 0 unspecified atom stereocenters. The van der Waals surface area contributed by atoms with Gasteiger partial charge >= 0.3 is 0 Å². The van der Waals surface area contributed by atoms with Crippen molar-refractivity contribution in [1.29, 1.82) is 5.26 Å². The fourth-order valence-electron chi connectivity index (χ4n) is 7.60. The van der Waals surface area contributed by atoms with Gasteiger partial charge in [-0.15, -0.1) is 0 Å². The number of aromatic nitrogens is 5. The molecule has 0 bridgehead atoms. The number of nitriles is 1. The van der Waals surface area contributed by atoms with Crippen LogP contribution < -0.4 is 10.6 Å². The van der Waals surface area contributed by atoms with Gasteiger partial charge in [0.25, 0.3) is 11.8 Å². The minimum Gasteiger partial charge on any atom is -0.339 e. The molecule has 2 N–H and O–H groups in total. The normalized spacial score (nSPS) is 15.4. The summed E-state index contributed by atoms with van der Waals surface area (Å²) in [6.07, 6.45) is 5.77. The van der Waals surface area contributed by atoms with Crippen LogP contribution in [0.25, 0.3) is 22.4 Å². The Morgan fingerprint density at radius 3 is 2.22 bits per heavy atom. The van der Waals surface area contributed by atoms with Crippen molar-refractivity contribution in [3.05, 3.63) is 100 Å². The number of aryl methyl sites for hydroxylation is 1. The average Bonchev–Trinajstić information content (AvgIpc) is 3.79. The first-order valence-corrected chi connectivity index (χ1v) is 19.7. The van der Waals surface area contributed by atoms with Gasteiger partial charge in [0.15, 0.2) is 17.5 Å². The lowest BCUT2D eigenvalue weighted by Crippen LogP contribution is -2.54. The maximum Gasteiger partial charge on any atom is 0.291 e. The SMILES string of the molecule is Cc1nn(CC(=O)Nc2ccc(C#N)nc2)cc1-c1ccc(-c2cnc(C(=O)Nc3ccc(C(=O)N4CCN(C(=O)C5CC[N+](C)(C)CC5)CC4)c(Cl)c3)n2C)c(F)c1F. The molecule has 0 spiro atoms. The predicted octanol–water partition coefficient (Wildman–Crippen LogP) is 5.12. The molecule has 18 heteroatoms. The van der Waals surface area contributed by atoms with Gasteiger partial charge in [0.05, 0.1) is 67.2 Å². The van der Waals surface area contributed by atoms with Crippen molar-refractivity contribution in [2.24, 2.45) is 13.0 Å². The van der Waals surface area contributed by atoms with Crippen LogP contribution in [0.3, 0.4) is 0 Å². The Balaban J connectivity index is 0.969. The number of likely N-dealkylation sites (tertiary alicyclic amines) is 1. The van der Waals surface area contributed by atoms with Crippen molar-refractivity contribution < 1.29 is 32.4 Å². The molecule has 0 radical (unpaired) electrons. The van der Waals surface area contributed by atoms with Crippen LogP contribution in [0.2, 0.25) is 5.02 Å². The van der Waals surface area contributed by atoms with Crippen LogP contribution in [0.5, 0.6) is 0 Å². The number of carbonyl (C=O) groups is 4. The topological polar surface area (TPSA) is 171 Å². The summed E-state index contributed by atoms with van der Waals surface area (Å²) < 4.78 is 35.0. The minimum absolute atomic E-state index is 0.0217. The summed E-state index contributed by atoms with van der Waals surface area (Å²) in [6.45, 7) is 4.98. The van der Waals surface area contributed by atoms with E-state index in [0.29, 0.717) is 37.6 Å². The smallest absolute Gasteiger partial charge is 0.291 e. The zero-order chi connectivity index (χ0) is 42.9. The van der Waals surface area contributed by atoms with Crippen LogP contribution in [-0.4, -0.2) is 116 Å². The Kier molecular flexibility index (Phi) is 11.8. The number of benzene rings is 2. The van der Waals surface area contributed by atoms with Crippen LogP contribution in [-0.2, 0) is 23.2 Å². The van der Waals surface area contributed by atoms with E-state index >= 15 is 8.78 Å². The van der Waals surface area contributed by atoms with Crippen molar-refractivity contribution in [2.75, 3.05) is 64.0 Å². The molecule has 15 nitrogen and oxygen atoms in total. The number of piperazine rings is 1. The predicted molar refractivity (Wildman–Crippen MR) is 219 cm³/mol. The van der Waals surface area contributed by atoms with Gasteiger partial charge in [0.2, 0.25) is 11.8 Å². The number of nitrogens with one attached hydrogen (secondary N) is 2. The highest BCUT2D eigenvalue weighted by Gasteiger charge is 2.35. The zero-order valence-electron chi connectivity index (χ0n) is 33.5. The first-order valence-electron chi connectivity index (χ1n) is 19.3. The summed E-state index contributed by atoms with van der Waals surface area (Å²) in [6, 6.07) is 12.2. The monoisotopic (exact) mass is 838 g/mol. The van der Waals surface area contributed by atoms with E-state index < -0.39 is 23.4 Å². The molecule has 0 aliphatic carbocycles. The van der Waals surface area contributed by atoms with Gasteiger partial charge in [0.1, 0.15) is 18.3 Å². The average molecular weight is 839 g/mol. The van der Waals surface area contributed by atoms with E-state index in [1.807, 2.05) is 11.0 Å². The van der Waals surface area contributed by atoms with Gasteiger partial charge in [0, 0.05) is 80.6 Å². The third kappa shape index (κ3) is 8.75. The Bertz CT molecular complexity index is 2530. The Morgan fingerprint density at radius 1 is 0.883 bits per heavy atom. The van der Waals surface area contributed by atoms with E-state index in [-0.39, 0.29) is 74.5 Å². The van der Waals surface area contributed by atoms with Gasteiger partial charge in [-0.3, -0.25) is 23.9 Å². The van der Waals surface area contributed by atoms with Crippen LogP contribution >= 0.6 is 11.6 Å². The summed E-state index contributed by atoms with van der Waals surface area (Å²) in [4.78, 5) is 64.2. The number of hydrogen-bond acceptors (Lipinski definition) is 8. The highest BCUT2D eigenvalue weighted by Crippen LogP contribution is 2.33. The van der Waals surface area contributed by atoms with Crippen LogP contribution in [0.1, 0.15) is 45.2 Å². The van der Waals surface area contributed by atoms with Crippen molar-refractivity contribution in [3.8, 4) is 28.5 Å². The van der Waals surface area contributed by atoms with E-state index in [1.54, 1.807) is 17.9 Å². The molecule has 0 atom stereocenters. The zero-order valence-corrected chi connectivity index (χ0v) is 34.3. The summed E-state index contributed by atoms with van der Waals surface area (Å²) in [5, 5.41) is 18.7. The highest BCUT2D eigenvalue weighted by molar-refractivity contribution is 6.34. The molecule has 7 rings (SSSR count). The second-order valence-electron chi connectivity index (χ2n) is 15.7. The number of rotatable bonds is 9. The Hall–Kier alpha value is -6.51. The number of pyridine rings is 1. The standard InChI is InChI=1S/C42H42ClF2N11O4/c1-25-33(23-55(51-25)24-36(57)49-29-6-5-28(20-46)47-21-29)30-9-10-32(38(45)37(30)44)35-22-48-39(52(35)2)40(58)50-27-7-8-31(34(43)19-27)42(60)54-15-13-53(14-16-54)41(59)26-11-17-56(3,4)18-12-26/h5-10,19,21-23,26H,11-18,24H2,1-4H3,(H-,49,50,57,58,60)/p+1. The minimum atomic E-state index is -1.17. The number of hydrogen-bond donors (Lipinski definition) is 2. The van der Waals surface area contributed by atoms with Crippen molar-refractivity contribution >= 4 is 46.6 Å². The number of anilines is 2. The Labute approximate surface area is 349 Å². The number of nitrogens with zero attached hydrogens (tertiary/aromatic N) is 9. The quantitative estimate of drug-likeness (QED) is 0.193. The maximum absolute atomic E-state index is 15.8. The second-order valence-corrected chi connectivity index (χ2v) is 16.1. The fourth-order valence-corrected chi connectivity index (χ4v) is 7.86. The number of quaternary nitrogens is 1. The lowest BCUT2D eigenvalue weighted by Gasteiger charge is -2.40. The molecule has 4 amide bonds. The molecule has 5 heterocycles. The van der Waals surface area contributed by atoms with Crippen LogP contribution in [0.15, 0.2) is 61.1 Å². The molecule has 2 aliphatic rings. The number of imidazole rings is 1. The Morgan fingerprint density at radius 2 is 1.55 bits per heavy atom. The highest BCUT2D eigenvalue weighted by atomic mass is 35.5.